The predicted molar refractivity (Wildman–Crippen MR) is 96.6 cm³/mol. The molecule has 0 bridgehead atoms. The van der Waals surface area contributed by atoms with Gasteiger partial charge in [0.25, 0.3) is 5.91 Å². The Hall–Kier alpha value is -2.08. The summed E-state index contributed by atoms with van der Waals surface area (Å²) < 4.78 is 10.9. The molecule has 2 heterocycles. The Morgan fingerprint density at radius 2 is 1.85 bits per heavy atom. The zero-order chi connectivity index (χ0) is 18.9. The van der Waals surface area contributed by atoms with Crippen molar-refractivity contribution < 1.29 is 24.2 Å². The normalized spacial score (nSPS) is 21.8. The van der Waals surface area contributed by atoms with E-state index in [0.717, 1.165) is 50.1 Å². The molecule has 1 aromatic carbocycles. The number of carboxylic acid groups (broad SMARTS) is 1. The van der Waals surface area contributed by atoms with E-state index in [1.165, 1.54) is 0 Å². The molecule has 1 N–H and O–H groups in total. The summed E-state index contributed by atoms with van der Waals surface area (Å²) in [6, 6.07) is 3.80. The Morgan fingerprint density at radius 1 is 1.23 bits per heavy atom. The number of benzene rings is 1. The van der Waals surface area contributed by atoms with Crippen LogP contribution in [-0.2, 0) is 9.53 Å². The number of carbonyl (C=O) groups excluding carboxylic acids is 1. The molecule has 0 aromatic heterocycles. The summed E-state index contributed by atoms with van der Waals surface area (Å²) in [6.45, 7) is 7.78. The summed E-state index contributed by atoms with van der Waals surface area (Å²) in [5.74, 6) is -0.437. The fourth-order valence-corrected chi connectivity index (χ4v) is 4.40. The minimum Gasteiger partial charge on any atom is -0.481 e. The highest BCUT2D eigenvalue weighted by Gasteiger charge is 2.47. The topological polar surface area (TPSA) is 76.1 Å². The molecule has 0 radical (unpaired) electrons. The van der Waals surface area contributed by atoms with Crippen molar-refractivity contribution in [2.75, 3.05) is 26.4 Å². The van der Waals surface area contributed by atoms with Crippen LogP contribution in [0.4, 0.5) is 0 Å². The Bertz CT molecular complexity index is 685. The number of rotatable bonds is 4. The number of aliphatic carboxylic acids is 1. The van der Waals surface area contributed by atoms with E-state index >= 15 is 0 Å². The molecule has 2 saturated heterocycles. The molecule has 6 nitrogen and oxygen atoms in total. The van der Waals surface area contributed by atoms with Gasteiger partial charge in [0.2, 0.25) is 0 Å². The highest BCUT2D eigenvalue weighted by Crippen LogP contribution is 2.45. The first kappa shape index (κ1) is 18.7. The number of carbonyl (C=O) groups is 2. The third-order valence-electron chi connectivity index (χ3n) is 6.00. The molecule has 142 valence electrons. The summed E-state index contributed by atoms with van der Waals surface area (Å²) >= 11 is 0. The molecule has 6 heteroatoms. The van der Waals surface area contributed by atoms with Gasteiger partial charge in [-0.15, -0.1) is 0 Å². The van der Waals surface area contributed by atoms with Crippen molar-refractivity contribution in [2.45, 2.75) is 46.1 Å². The van der Waals surface area contributed by atoms with Crippen molar-refractivity contribution in [3.63, 3.8) is 0 Å². The molecule has 2 fully saturated rings. The van der Waals surface area contributed by atoms with Gasteiger partial charge in [0.05, 0.1) is 0 Å². The van der Waals surface area contributed by atoms with Crippen LogP contribution in [0.25, 0.3) is 0 Å². The van der Waals surface area contributed by atoms with E-state index in [1.54, 1.807) is 12.1 Å². The molecule has 0 saturated carbocycles. The number of nitrogens with zero attached hydrogens (tertiary/aromatic N) is 1. The van der Waals surface area contributed by atoms with Gasteiger partial charge in [-0.1, -0.05) is 0 Å². The average molecular weight is 361 g/mol. The number of hydrogen-bond acceptors (Lipinski definition) is 4. The van der Waals surface area contributed by atoms with Gasteiger partial charge in [0.1, 0.15) is 5.75 Å². The number of amides is 1. The van der Waals surface area contributed by atoms with Gasteiger partial charge in [0.15, 0.2) is 6.61 Å². The maximum atomic E-state index is 13.1. The van der Waals surface area contributed by atoms with Crippen molar-refractivity contribution in [2.24, 2.45) is 5.41 Å². The van der Waals surface area contributed by atoms with E-state index in [0.29, 0.717) is 11.3 Å². The molecule has 0 aliphatic carbocycles. The van der Waals surface area contributed by atoms with Gasteiger partial charge in [-0.25, -0.2) is 4.79 Å². The number of ether oxygens (including phenoxy) is 2. The number of likely N-dealkylation sites (tertiary alicyclic amines) is 1. The maximum absolute atomic E-state index is 13.1. The van der Waals surface area contributed by atoms with Crippen molar-refractivity contribution in [3.05, 3.63) is 28.8 Å². The predicted octanol–water partition coefficient (Wildman–Crippen LogP) is 2.80. The van der Waals surface area contributed by atoms with Gasteiger partial charge >= 0.3 is 5.97 Å². The van der Waals surface area contributed by atoms with Crippen molar-refractivity contribution in [1.29, 1.82) is 0 Å². The molecule has 1 amide bonds. The second-order valence-corrected chi connectivity index (χ2v) is 7.52. The van der Waals surface area contributed by atoms with Crippen LogP contribution in [0.15, 0.2) is 12.1 Å². The lowest BCUT2D eigenvalue weighted by Crippen LogP contribution is -2.43. The highest BCUT2D eigenvalue weighted by molar-refractivity contribution is 5.95. The molecule has 26 heavy (non-hydrogen) atoms. The van der Waals surface area contributed by atoms with E-state index in [4.69, 9.17) is 14.6 Å². The smallest absolute Gasteiger partial charge is 0.341 e. The zero-order valence-electron chi connectivity index (χ0n) is 15.7. The minimum atomic E-state index is -1.02. The summed E-state index contributed by atoms with van der Waals surface area (Å²) in [5, 5.41) is 8.80. The van der Waals surface area contributed by atoms with Gasteiger partial charge in [-0.3, -0.25) is 4.79 Å². The second-order valence-electron chi connectivity index (χ2n) is 7.52. The summed E-state index contributed by atoms with van der Waals surface area (Å²) in [4.78, 5) is 25.8. The number of hydrogen-bond donors (Lipinski definition) is 1. The van der Waals surface area contributed by atoms with Crippen LogP contribution in [0, 0.1) is 19.3 Å². The summed E-state index contributed by atoms with van der Waals surface area (Å²) in [7, 11) is 0. The SMILES string of the molecule is Cc1cc(C(=O)N2CCC3(CCOCC3)C2C)cc(C)c1OCC(=O)O. The van der Waals surface area contributed by atoms with Gasteiger partial charge < -0.3 is 19.5 Å². The third-order valence-corrected chi connectivity index (χ3v) is 6.00. The van der Waals surface area contributed by atoms with Crippen LogP contribution >= 0.6 is 0 Å². The van der Waals surface area contributed by atoms with Crippen LogP contribution in [0.3, 0.4) is 0 Å². The number of carboxylic acids is 1. The van der Waals surface area contributed by atoms with Crippen LogP contribution in [0.2, 0.25) is 0 Å². The molecule has 1 atom stereocenters. The zero-order valence-corrected chi connectivity index (χ0v) is 15.7. The van der Waals surface area contributed by atoms with E-state index in [-0.39, 0.29) is 24.0 Å². The quantitative estimate of drug-likeness (QED) is 0.892. The Balaban J connectivity index is 1.79. The monoisotopic (exact) mass is 361 g/mol. The third kappa shape index (κ3) is 3.43. The fraction of sp³-hybridized carbons (Fsp3) is 0.600. The first-order chi connectivity index (χ1) is 12.3. The lowest BCUT2D eigenvalue weighted by molar-refractivity contribution is -0.139. The van der Waals surface area contributed by atoms with Gasteiger partial charge in [-0.05, 0) is 68.7 Å². The van der Waals surface area contributed by atoms with E-state index in [2.05, 4.69) is 6.92 Å². The van der Waals surface area contributed by atoms with Crippen LogP contribution in [0.1, 0.15) is 47.7 Å². The summed E-state index contributed by atoms with van der Waals surface area (Å²) in [6.07, 6.45) is 3.05. The van der Waals surface area contributed by atoms with Gasteiger partial charge in [-0.2, -0.15) is 0 Å². The lowest BCUT2D eigenvalue weighted by Gasteiger charge is -2.38. The minimum absolute atomic E-state index is 0.0388. The summed E-state index contributed by atoms with van der Waals surface area (Å²) in [5.41, 5.74) is 2.38. The number of aryl methyl sites for hydroxylation is 2. The molecule has 1 unspecified atom stereocenters. The Morgan fingerprint density at radius 3 is 2.42 bits per heavy atom. The second kappa shape index (κ2) is 7.27. The van der Waals surface area contributed by atoms with E-state index < -0.39 is 5.97 Å². The Labute approximate surface area is 154 Å². The van der Waals surface area contributed by atoms with Crippen molar-refractivity contribution in [1.82, 2.24) is 4.90 Å². The van der Waals surface area contributed by atoms with Crippen LogP contribution < -0.4 is 4.74 Å². The van der Waals surface area contributed by atoms with Crippen LogP contribution in [-0.4, -0.2) is 54.3 Å². The van der Waals surface area contributed by atoms with Crippen molar-refractivity contribution >= 4 is 11.9 Å². The first-order valence-electron chi connectivity index (χ1n) is 9.18. The molecule has 2 aliphatic heterocycles. The molecular formula is C20H27NO5. The lowest BCUT2D eigenvalue weighted by atomic mass is 9.74. The van der Waals surface area contributed by atoms with E-state index in [9.17, 15) is 9.59 Å². The average Bonchev–Trinajstić information content (AvgIpc) is 2.90. The molecule has 2 aliphatic rings. The van der Waals surface area contributed by atoms with Gasteiger partial charge in [0, 0.05) is 31.4 Å². The van der Waals surface area contributed by atoms with Crippen molar-refractivity contribution in [3.8, 4) is 5.75 Å². The maximum Gasteiger partial charge on any atom is 0.341 e. The molecule has 1 spiro atoms. The standard InChI is InChI=1S/C20H27NO5/c1-13-10-16(11-14(2)18(13)26-12-17(22)23)19(24)21-7-4-20(15(21)3)5-8-25-9-6-20/h10-11,15H,4-9,12H2,1-3H3,(H,22,23). The molecular weight excluding hydrogens is 334 g/mol. The molecule has 3 rings (SSSR count). The van der Waals surface area contributed by atoms with Crippen LogP contribution in [0.5, 0.6) is 5.75 Å². The largest absolute Gasteiger partial charge is 0.481 e. The fourth-order valence-electron chi connectivity index (χ4n) is 4.40. The van der Waals surface area contributed by atoms with E-state index in [1.807, 2.05) is 18.7 Å². The highest BCUT2D eigenvalue weighted by atomic mass is 16.5. The Kier molecular flexibility index (Phi) is 5.23. The first-order valence-corrected chi connectivity index (χ1v) is 9.18. The molecule has 1 aromatic rings.